The zero-order valence-corrected chi connectivity index (χ0v) is 11.9. The molecule has 0 unspecified atom stereocenters. The molecule has 1 aromatic rings. The molecule has 2 nitrogen and oxygen atoms in total. The number of ether oxygens (including phenoxy) is 1. The summed E-state index contributed by atoms with van der Waals surface area (Å²) >= 11 is 3.69. The van der Waals surface area contributed by atoms with Crippen molar-refractivity contribution in [3.05, 3.63) is 29.8 Å². The summed E-state index contributed by atoms with van der Waals surface area (Å²) in [6, 6.07) is 8.41. The summed E-state index contributed by atoms with van der Waals surface area (Å²) in [5.41, 5.74) is 1.40. The van der Waals surface area contributed by atoms with Gasteiger partial charge in [0.15, 0.2) is 0 Å². The Kier molecular flexibility index (Phi) is 4.86. The molecule has 0 aliphatic carbocycles. The van der Waals surface area contributed by atoms with Crippen LogP contribution in [0.1, 0.15) is 18.4 Å². The Balaban J connectivity index is 1.77. The lowest BCUT2D eigenvalue weighted by Gasteiger charge is -2.29. The standard InChI is InChI=1S/C14H20BrNO/c1-17-14-4-2-12(3-5-14)6-9-16-10-7-13(15)8-11-16/h2-5,13H,6-11H2,1H3. The number of nitrogens with zero attached hydrogens (tertiary/aromatic N) is 1. The van der Waals surface area contributed by atoms with Crippen molar-refractivity contribution in [1.82, 2.24) is 4.90 Å². The quantitative estimate of drug-likeness (QED) is 0.792. The molecule has 0 spiro atoms. The zero-order chi connectivity index (χ0) is 12.1. The monoisotopic (exact) mass is 297 g/mol. The Bertz CT molecular complexity index is 331. The van der Waals surface area contributed by atoms with E-state index in [0.29, 0.717) is 0 Å². The third-order valence-corrected chi connectivity index (χ3v) is 4.31. The van der Waals surface area contributed by atoms with Gasteiger partial charge in [0, 0.05) is 11.4 Å². The first-order chi connectivity index (χ1) is 8.28. The first-order valence-corrected chi connectivity index (χ1v) is 7.19. The maximum atomic E-state index is 5.16. The zero-order valence-electron chi connectivity index (χ0n) is 10.4. The molecule has 0 amide bonds. The maximum absolute atomic E-state index is 5.16. The molecule has 0 aromatic heterocycles. The van der Waals surface area contributed by atoms with Gasteiger partial charge in [-0.25, -0.2) is 0 Å². The molecule has 3 heteroatoms. The van der Waals surface area contributed by atoms with Crippen LogP contribution in [-0.4, -0.2) is 36.5 Å². The molecule has 1 saturated heterocycles. The SMILES string of the molecule is COc1ccc(CCN2CCC(Br)CC2)cc1. The van der Waals surface area contributed by atoms with E-state index in [1.807, 2.05) is 12.1 Å². The highest BCUT2D eigenvalue weighted by Gasteiger charge is 2.15. The molecule has 1 aromatic carbocycles. The van der Waals surface area contributed by atoms with Crippen molar-refractivity contribution in [2.75, 3.05) is 26.7 Å². The van der Waals surface area contributed by atoms with Crippen LogP contribution in [0.25, 0.3) is 0 Å². The Labute approximate surface area is 112 Å². The minimum Gasteiger partial charge on any atom is -0.497 e. The topological polar surface area (TPSA) is 12.5 Å². The number of hydrogen-bond acceptors (Lipinski definition) is 2. The second-order valence-corrected chi connectivity index (χ2v) is 5.91. The molecular formula is C14H20BrNO. The molecule has 0 atom stereocenters. The van der Waals surface area contributed by atoms with Crippen LogP contribution in [0.3, 0.4) is 0 Å². The van der Waals surface area contributed by atoms with Crippen molar-refractivity contribution in [3.8, 4) is 5.75 Å². The minimum absolute atomic E-state index is 0.736. The Morgan fingerprint density at radius 2 is 1.88 bits per heavy atom. The van der Waals surface area contributed by atoms with Crippen molar-refractivity contribution in [2.45, 2.75) is 24.1 Å². The van der Waals surface area contributed by atoms with Gasteiger partial charge in [-0.2, -0.15) is 0 Å². The van der Waals surface area contributed by atoms with Crippen LogP contribution >= 0.6 is 15.9 Å². The van der Waals surface area contributed by atoms with E-state index >= 15 is 0 Å². The predicted octanol–water partition coefficient (Wildman–Crippen LogP) is 3.10. The molecule has 0 saturated carbocycles. The lowest BCUT2D eigenvalue weighted by Crippen LogP contribution is -2.35. The van der Waals surface area contributed by atoms with E-state index in [1.54, 1.807) is 7.11 Å². The van der Waals surface area contributed by atoms with Gasteiger partial charge in [0.05, 0.1) is 7.11 Å². The van der Waals surface area contributed by atoms with Crippen molar-refractivity contribution in [3.63, 3.8) is 0 Å². The number of hydrogen-bond donors (Lipinski definition) is 0. The lowest BCUT2D eigenvalue weighted by molar-refractivity contribution is 0.237. The summed E-state index contributed by atoms with van der Waals surface area (Å²) in [4.78, 5) is 3.29. The van der Waals surface area contributed by atoms with Gasteiger partial charge in [-0.05, 0) is 50.0 Å². The highest BCUT2D eigenvalue weighted by molar-refractivity contribution is 9.09. The fourth-order valence-corrected chi connectivity index (χ4v) is 2.61. The summed E-state index contributed by atoms with van der Waals surface area (Å²) < 4.78 is 5.16. The van der Waals surface area contributed by atoms with Crippen molar-refractivity contribution >= 4 is 15.9 Å². The van der Waals surface area contributed by atoms with Gasteiger partial charge in [-0.15, -0.1) is 0 Å². The van der Waals surface area contributed by atoms with E-state index in [2.05, 4.69) is 33.0 Å². The van der Waals surface area contributed by atoms with Crippen LogP contribution in [0.2, 0.25) is 0 Å². The van der Waals surface area contributed by atoms with E-state index < -0.39 is 0 Å². The van der Waals surface area contributed by atoms with Gasteiger partial charge in [0.2, 0.25) is 0 Å². The number of likely N-dealkylation sites (tertiary alicyclic amines) is 1. The second kappa shape index (κ2) is 6.41. The molecule has 0 N–H and O–H groups in total. The third kappa shape index (κ3) is 4.00. The lowest BCUT2D eigenvalue weighted by atomic mass is 10.1. The van der Waals surface area contributed by atoms with Gasteiger partial charge in [-0.3, -0.25) is 0 Å². The fraction of sp³-hybridized carbons (Fsp3) is 0.571. The van der Waals surface area contributed by atoms with Crippen LogP contribution in [-0.2, 0) is 6.42 Å². The number of alkyl halides is 1. The number of methoxy groups -OCH3 is 1. The summed E-state index contributed by atoms with van der Waals surface area (Å²) in [7, 11) is 1.71. The molecule has 2 rings (SSSR count). The molecule has 0 radical (unpaired) electrons. The average Bonchev–Trinajstić information content (AvgIpc) is 2.39. The Morgan fingerprint density at radius 1 is 1.24 bits per heavy atom. The summed E-state index contributed by atoms with van der Waals surface area (Å²) in [6.07, 6.45) is 3.70. The van der Waals surface area contributed by atoms with E-state index in [-0.39, 0.29) is 0 Å². The highest BCUT2D eigenvalue weighted by Crippen LogP contribution is 2.18. The summed E-state index contributed by atoms with van der Waals surface area (Å²) in [5.74, 6) is 0.939. The van der Waals surface area contributed by atoms with Crippen LogP contribution in [0.15, 0.2) is 24.3 Å². The normalized spacial score (nSPS) is 18.2. The smallest absolute Gasteiger partial charge is 0.118 e. The Morgan fingerprint density at radius 3 is 2.47 bits per heavy atom. The molecule has 1 heterocycles. The van der Waals surface area contributed by atoms with Crippen molar-refractivity contribution < 1.29 is 4.74 Å². The van der Waals surface area contributed by atoms with Gasteiger partial charge in [0.25, 0.3) is 0 Å². The number of rotatable bonds is 4. The van der Waals surface area contributed by atoms with Crippen LogP contribution in [0, 0.1) is 0 Å². The molecule has 1 aliphatic rings. The van der Waals surface area contributed by atoms with Crippen molar-refractivity contribution in [1.29, 1.82) is 0 Å². The molecule has 94 valence electrons. The van der Waals surface area contributed by atoms with E-state index in [9.17, 15) is 0 Å². The fourth-order valence-electron chi connectivity index (χ4n) is 2.20. The Hall–Kier alpha value is -0.540. The number of piperidine rings is 1. The van der Waals surface area contributed by atoms with Gasteiger partial charge < -0.3 is 9.64 Å². The first-order valence-electron chi connectivity index (χ1n) is 6.27. The summed E-state index contributed by atoms with van der Waals surface area (Å²) in [6.45, 7) is 3.63. The molecule has 1 fully saturated rings. The minimum atomic E-state index is 0.736. The van der Waals surface area contributed by atoms with Gasteiger partial charge in [0.1, 0.15) is 5.75 Å². The van der Waals surface area contributed by atoms with E-state index in [1.165, 1.54) is 38.0 Å². The molecular weight excluding hydrogens is 278 g/mol. The largest absolute Gasteiger partial charge is 0.497 e. The van der Waals surface area contributed by atoms with Crippen molar-refractivity contribution in [2.24, 2.45) is 0 Å². The molecule has 1 aliphatic heterocycles. The first kappa shape index (κ1) is 12.9. The van der Waals surface area contributed by atoms with Crippen LogP contribution in [0.5, 0.6) is 5.75 Å². The third-order valence-electron chi connectivity index (χ3n) is 3.39. The summed E-state index contributed by atoms with van der Waals surface area (Å²) in [5, 5.41) is 0. The number of benzene rings is 1. The van der Waals surface area contributed by atoms with Gasteiger partial charge >= 0.3 is 0 Å². The highest BCUT2D eigenvalue weighted by atomic mass is 79.9. The van der Waals surface area contributed by atoms with E-state index in [0.717, 1.165) is 17.0 Å². The molecule has 17 heavy (non-hydrogen) atoms. The van der Waals surface area contributed by atoms with Crippen LogP contribution < -0.4 is 4.74 Å². The second-order valence-electron chi connectivity index (χ2n) is 4.61. The average molecular weight is 298 g/mol. The van der Waals surface area contributed by atoms with E-state index in [4.69, 9.17) is 4.74 Å². The van der Waals surface area contributed by atoms with Crippen LogP contribution in [0.4, 0.5) is 0 Å². The molecule has 0 bridgehead atoms. The predicted molar refractivity (Wildman–Crippen MR) is 75.1 cm³/mol. The maximum Gasteiger partial charge on any atom is 0.118 e. The van der Waals surface area contributed by atoms with Gasteiger partial charge in [-0.1, -0.05) is 28.1 Å². The number of halogens is 1.